The lowest BCUT2D eigenvalue weighted by atomic mass is 10.1. The van der Waals surface area contributed by atoms with Crippen molar-refractivity contribution in [1.82, 2.24) is 10.3 Å². The van der Waals surface area contributed by atoms with E-state index in [1.807, 2.05) is 36.4 Å². The van der Waals surface area contributed by atoms with E-state index < -0.39 is 0 Å². The van der Waals surface area contributed by atoms with Gasteiger partial charge in [-0.1, -0.05) is 23.7 Å². The lowest BCUT2D eigenvalue weighted by Crippen LogP contribution is -2.42. The molecule has 3 aromatic carbocycles. The molecule has 7 nitrogen and oxygen atoms in total. The molecule has 1 heterocycles. The van der Waals surface area contributed by atoms with Crippen molar-refractivity contribution in [1.29, 1.82) is 0 Å². The number of amides is 2. The zero-order valence-corrected chi connectivity index (χ0v) is 21.1. The van der Waals surface area contributed by atoms with Crippen molar-refractivity contribution >= 4 is 41.4 Å². The summed E-state index contributed by atoms with van der Waals surface area (Å²) in [6, 6.07) is 22.3. The van der Waals surface area contributed by atoms with Crippen LogP contribution in [-0.4, -0.2) is 55.8 Å². The van der Waals surface area contributed by atoms with Crippen molar-refractivity contribution in [3.8, 4) is 5.75 Å². The smallest absolute Gasteiger partial charge is 0.271 e. The average Bonchev–Trinajstić information content (AvgIpc) is 2.93. The maximum Gasteiger partial charge on any atom is 0.271 e. The molecule has 0 atom stereocenters. The molecule has 186 valence electrons. The van der Waals surface area contributed by atoms with Crippen LogP contribution in [0.2, 0.25) is 5.02 Å². The molecule has 0 unspecified atom stereocenters. The number of thioether (sulfide) groups is 1. The van der Waals surface area contributed by atoms with Crippen molar-refractivity contribution in [3.05, 3.63) is 94.5 Å². The van der Waals surface area contributed by atoms with Crippen molar-refractivity contribution in [3.63, 3.8) is 0 Å². The minimum atomic E-state index is -0.287. The zero-order chi connectivity index (χ0) is 25.2. The van der Waals surface area contributed by atoms with Crippen molar-refractivity contribution in [2.24, 2.45) is 5.10 Å². The molecule has 0 saturated carbocycles. The molecule has 1 N–H and O–H groups in total. The largest absolute Gasteiger partial charge is 0.484 e. The van der Waals surface area contributed by atoms with E-state index in [1.54, 1.807) is 59.3 Å². The normalized spacial score (nSPS) is 13.5. The summed E-state index contributed by atoms with van der Waals surface area (Å²) < 4.78 is 10.8. The molecule has 1 fully saturated rings. The van der Waals surface area contributed by atoms with Crippen LogP contribution in [0, 0.1) is 0 Å². The summed E-state index contributed by atoms with van der Waals surface area (Å²) in [6.45, 7) is 2.30. The molecule has 1 saturated heterocycles. The van der Waals surface area contributed by atoms with E-state index in [2.05, 4.69) is 10.5 Å². The highest BCUT2D eigenvalue weighted by Crippen LogP contribution is 2.24. The first-order valence-electron chi connectivity index (χ1n) is 11.5. The van der Waals surface area contributed by atoms with Gasteiger partial charge in [-0.15, -0.1) is 11.8 Å². The van der Waals surface area contributed by atoms with Crippen molar-refractivity contribution in [2.75, 3.05) is 32.9 Å². The predicted molar refractivity (Wildman–Crippen MR) is 142 cm³/mol. The van der Waals surface area contributed by atoms with E-state index in [0.29, 0.717) is 37.6 Å². The number of rotatable bonds is 9. The zero-order valence-electron chi connectivity index (χ0n) is 19.6. The number of benzene rings is 3. The summed E-state index contributed by atoms with van der Waals surface area (Å²) in [4.78, 5) is 27.4. The van der Waals surface area contributed by atoms with Crippen LogP contribution in [0.25, 0.3) is 0 Å². The number of morpholine rings is 1. The first-order chi connectivity index (χ1) is 17.6. The Hall–Kier alpha value is -3.33. The molecule has 0 aromatic heterocycles. The Balaban J connectivity index is 1.20. The van der Waals surface area contributed by atoms with Gasteiger partial charge in [-0.05, 0) is 71.8 Å². The SMILES string of the molecule is O=C(N/N=C\c1ccc(OCC(=O)N2CCOCC2)cc1)c1ccc(CSc2ccc(Cl)cc2)cc1. The van der Waals surface area contributed by atoms with Gasteiger partial charge in [0, 0.05) is 34.3 Å². The Morgan fingerprint density at radius 1 is 1.00 bits per heavy atom. The maximum atomic E-state index is 12.4. The van der Waals surface area contributed by atoms with Gasteiger partial charge in [0.15, 0.2) is 6.61 Å². The third kappa shape index (κ3) is 7.84. The summed E-state index contributed by atoms with van der Waals surface area (Å²) in [7, 11) is 0. The van der Waals surface area contributed by atoms with E-state index >= 15 is 0 Å². The van der Waals surface area contributed by atoms with Gasteiger partial charge in [0.05, 0.1) is 19.4 Å². The van der Waals surface area contributed by atoms with Crippen molar-refractivity contribution < 1.29 is 19.1 Å². The van der Waals surface area contributed by atoms with Gasteiger partial charge in [-0.25, -0.2) is 5.43 Å². The second kappa shape index (κ2) is 13.1. The number of halogens is 1. The van der Waals surface area contributed by atoms with Gasteiger partial charge in [0.1, 0.15) is 5.75 Å². The summed E-state index contributed by atoms with van der Waals surface area (Å²) >= 11 is 7.62. The first kappa shape index (κ1) is 25.8. The van der Waals surface area contributed by atoms with E-state index in [-0.39, 0.29) is 18.4 Å². The molecule has 0 bridgehead atoms. The highest BCUT2D eigenvalue weighted by molar-refractivity contribution is 7.98. The summed E-state index contributed by atoms with van der Waals surface area (Å²) in [5, 5.41) is 4.75. The Morgan fingerprint density at radius 3 is 2.39 bits per heavy atom. The van der Waals surface area contributed by atoms with Gasteiger partial charge < -0.3 is 14.4 Å². The third-order valence-corrected chi connectivity index (χ3v) is 6.76. The second-order valence-electron chi connectivity index (χ2n) is 7.99. The Morgan fingerprint density at radius 2 is 1.69 bits per heavy atom. The molecule has 36 heavy (non-hydrogen) atoms. The van der Waals surface area contributed by atoms with Crippen LogP contribution in [0.1, 0.15) is 21.5 Å². The minimum absolute atomic E-state index is 0.0118. The Kier molecular flexibility index (Phi) is 9.38. The molecule has 4 rings (SSSR count). The fraction of sp³-hybridized carbons (Fsp3) is 0.222. The number of ether oxygens (including phenoxy) is 2. The number of nitrogens with one attached hydrogen (secondary N) is 1. The van der Waals surface area contributed by atoms with E-state index in [4.69, 9.17) is 21.1 Å². The number of hydrogen-bond acceptors (Lipinski definition) is 6. The maximum absolute atomic E-state index is 12.4. The molecule has 2 amide bonds. The highest BCUT2D eigenvalue weighted by atomic mass is 35.5. The minimum Gasteiger partial charge on any atom is -0.484 e. The number of carbonyl (C=O) groups excluding carboxylic acids is 2. The first-order valence-corrected chi connectivity index (χ1v) is 12.8. The monoisotopic (exact) mass is 523 g/mol. The number of hydrogen-bond donors (Lipinski definition) is 1. The van der Waals surface area contributed by atoms with Crippen LogP contribution >= 0.6 is 23.4 Å². The fourth-order valence-electron chi connectivity index (χ4n) is 3.38. The van der Waals surface area contributed by atoms with E-state index in [1.165, 1.54) is 0 Å². The van der Waals surface area contributed by atoms with Crippen LogP contribution in [0.15, 0.2) is 82.8 Å². The number of hydrazone groups is 1. The molecule has 9 heteroatoms. The predicted octanol–water partition coefficient (Wildman–Crippen LogP) is 4.63. The molecule has 0 radical (unpaired) electrons. The summed E-state index contributed by atoms with van der Waals surface area (Å²) in [6.07, 6.45) is 1.55. The quantitative estimate of drug-likeness (QED) is 0.251. The average molecular weight is 524 g/mol. The fourth-order valence-corrected chi connectivity index (χ4v) is 4.36. The molecular weight excluding hydrogens is 498 g/mol. The summed E-state index contributed by atoms with van der Waals surface area (Å²) in [5.41, 5.74) is 4.97. The highest BCUT2D eigenvalue weighted by Gasteiger charge is 2.17. The standard InChI is InChI=1S/C27H26ClN3O4S/c28-23-7-11-25(12-8-23)36-19-21-1-5-22(6-2-21)27(33)30-29-17-20-3-9-24(10-4-20)35-18-26(32)31-13-15-34-16-14-31/h1-12,17H,13-16,18-19H2,(H,30,33)/b29-17-. The molecule has 1 aliphatic rings. The lowest BCUT2D eigenvalue weighted by Gasteiger charge is -2.26. The van der Waals surface area contributed by atoms with Gasteiger partial charge in [-0.3, -0.25) is 9.59 Å². The third-order valence-electron chi connectivity index (χ3n) is 5.42. The van der Waals surface area contributed by atoms with Crippen LogP contribution in [0.4, 0.5) is 0 Å². The van der Waals surface area contributed by atoms with Gasteiger partial charge in [0.25, 0.3) is 11.8 Å². The Bertz CT molecular complexity index is 1180. The Labute approximate surface area is 219 Å². The van der Waals surface area contributed by atoms with Gasteiger partial charge in [0.2, 0.25) is 0 Å². The van der Waals surface area contributed by atoms with Gasteiger partial charge in [-0.2, -0.15) is 5.10 Å². The van der Waals surface area contributed by atoms with Crippen LogP contribution in [0.5, 0.6) is 5.75 Å². The van der Waals surface area contributed by atoms with Crippen LogP contribution < -0.4 is 10.2 Å². The molecule has 1 aliphatic heterocycles. The van der Waals surface area contributed by atoms with E-state index in [0.717, 1.165) is 26.8 Å². The topological polar surface area (TPSA) is 80.2 Å². The molecule has 0 aliphatic carbocycles. The van der Waals surface area contributed by atoms with Crippen LogP contribution in [-0.2, 0) is 15.3 Å². The second-order valence-corrected chi connectivity index (χ2v) is 9.47. The lowest BCUT2D eigenvalue weighted by molar-refractivity contribution is -0.137. The number of carbonyl (C=O) groups is 2. The van der Waals surface area contributed by atoms with Crippen LogP contribution in [0.3, 0.4) is 0 Å². The van der Waals surface area contributed by atoms with Crippen molar-refractivity contribution in [2.45, 2.75) is 10.6 Å². The summed E-state index contributed by atoms with van der Waals surface area (Å²) in [5.74, 6) is 1.04. The molecule has 3 aromatic rings. The number of nitrogens with zero attached hydrogens (tertiary/aromatic N) is 2. The van der Waals surface area contributed by atoms with Gasteiger partial charge >= 0.3 is 0 Å². The molecular formula is C27H26ClN3O4S. The van der Waals surface area contributed by atoms with E-state index in [9.17, 15) is 9.59 Å². The molecule has 0 spiro atoms.